The molecule has 29 heavy (non-hydrogen) atoms. The first-order valence-electron chi connectivity index (χ1n) is 8.62. The largest absolute Gasteiger partial charge is 0.330 e. The first kappa shape index (κ1) is 19.5. The number of benzene rings is 2. The fourth-order valence-electron chi connectivity index (χ4n) is 3.19. The Morgan fingerprint density at radius 2 is 1.97 bits per heavy atom. The van der Waals surface area contributed by atoms with Crippen molar-refractivity contribution in [1.29, 1.82) is 0 Å². The van der Waals surface area contributed by atoms with Gasteiger partial charge in [0.15, 0.2) is 0 Å². The molecule has 0 atom stereocenters. The number of halogens is 2. The Balaban J connectivity index is 1.62. The average molecular weight is 432 g/mol. The van der Waals surface area contributed by atoms with Crippen LogP contribution < -0.4 is 0 Å². The van der Waals surface area contributed by atoms with Gasteiger partial charge in [0.2, 0.25) is 15.0 Å². The summed E-state index contributed by atoms with van der Waals surface area (Å²) in [5, 5.41) is -0.254. The number of rotatable bonds is 4. The van der Waals surface area contributed by atoms with Crippen molar-refractivity contribution in [3.63, 3.8) is 0 Å². The second kappa shape index (κ2) is 7.20. The van der Waals surface area contributed by atoms with Crippen LogP contribution in [0.5, 0.6) is 0 Å². The molecule has 0 saturated carbocycles. The van der Waals surface area contributed by atoms with Gasteiger partial charge in [0.1, 0.15) is 5.82 Å². The number of fused-ring (bicyclic) bond motifs is 1. The maximum absolute atomic E-state index is 13.4. The topological polar surface area (TPSA) is 80.2 Å². The van der Waals surface area contributed by atoms with Crippen molar-refractivity contribution < 1.29 is 17.6 Å². The van der Waals surface area contributed by atoms with Gasteiger partial charge >= 0.3 is 0 Å². The van der Waals surface area contributed by atoms with Crippen LogP contribution in [0.2, 0.25) is 5.02 Å². The second-order valence-corrected chi connectivity index (χ2v) is 9.09. The van der Waals surface area contributed by atoms with Crippen molar-refractivity contribution in [3.8, 4) is 11.3 Å². The van der Waals surface area contributed by atoms with E-state index in [9.17, 15) is 17.6 Å². The Kier molecular flexibility index (Phi) is 4.84. The van der Waals surface area contributed by atoms with Crippen molar-refractivity contribution in [3.05, 3.63) is 76.2 Å². The Hall–Kier alpha value is -2.84. The van der Waals surface area contributed by atoms with E-state index in [1.54, 1.807) is 29.2 Å². The molecule has 1 aliphatic rings. The standard InChI is InChI=1S/C20H15ClFN3O3S/c1-29(27,28)20-23-7-6-18(24-20)13-3-4-14-11-25(19(26)15(14)9-13)10-12-2-5-17(22)16(21)8-12/h2-9H,10-11H2,1H3. The minimum atomic E-state index is -3.54. The molecule has 0 aliphatic carbocycles. The highest BCUT2D eigenvalue weighted by molar-refractivity contribution is 7.90. The van der Waals surface area contributed by atoms with Gasteiger partial charge in [0.05, 0.1) is 10.7 Å². The zero-order valence-corrected chi connectivity index (χ0v) is 16.8. The molecule has 0 unspecified atom stereocenters. The minimum absolute atomic E-state index is 0.0133. The van der Waals surface area contributed by atoms with E-state index in [0.717, 1.165) is 17.4 Å². The lowest BCUT2D eigenvalue weighted by Gasteiger charge is -2.15. The molecule has 2 heterocycles. The molecule has 3 aromatic rings. The molecule has 0 N–H and O–H groups in total. The van der Waals surface area contributed by atoms with Gasteiger partial charge in [0, 0.05) is 36.7 Å². The highest BCUT2D eigenvalue weighted by atomic mass is 35.5. The Morgan fingerprint density at radius 3 is 2.69 bits per heavy atom. The van der Waals surface area contributed by atoms with E-state index in [4.69, 9.17) is 11.6 Å². The van der Waals surface area contributed by atoms with Gasteiger partial charge in [-0.05, 0) is 35.4 Å². The lowest BCUT2D eigenvalue weighted by molar-refractivity contribution is 0.0766. The second-order valence-electron chi connectivity index (χ2n) is 6.78. The summed E-state index contributed by atoms with van der Waals surface area (Å²) in [6.45, 7) is 0.719. The molecule has 4 rings (SSSR count). The lowest BCUT2D eigenvalue weighted by atomic mass is 10.0. The van der Waals surface area contributed by atoms with Crippen LogP contribution in [-0.4, -0.2) is 35.4 Å². The molecule has 0 saturated heterocycles. The zero-order chi connectivity index (χ0) is 20.8. The summed E-state index contributed by atoms with van der Waals surface area (Å²) >= 11 is 5.82. The van der Waals surface area contributed by atoms with E-state index >= 15 is 0 Å². The number of hydrogen-bond donors (Lipinski definition) is 0. The molecular weight excluding hydrogens is 417 g/mol. The number of hydrogen-bond acceptors (Lipinski definition) is 5. The van der Waals surface area contributed by atoms with E-state index in [1.807, 2.05) is 6.07 Å². The zero-order valence-electron chi connectivity index (χ0n) is 15.3. The average Bonchev–Trinajstić information content (AvgIpc) is 2.99. The SMILES string of the molecule is CS(=O)(=O)c1nccc(-c2ccc3c(c2)C(=O)N(Cc2ccc(F)c(Cl)c2)C3)n1. The number of sulfone groups is 1. The predicted octanol–water partition coefficient (Wildman–Crippen LogP) is 3.50. The van der Waals surface area contributed by atoms with Crippen molar-refractivity contribution >= 4 is 27.3 Å². The number of nitrogens with zero attached hydrogens (tertiary/aromatic N) is 3. The molecule has 6 nitrogen and oxygen atoms in total. The van der Waals surface area contributed by atoms with Gasteiger partial charge in [-0.25, -0.2) is 22.8 Å². The van der Waals surface area contributed by atoms with E-state index < -0.39 is 15.7 Å². The van der Waals surface area contributed by atoms with Gasteiger partial charge in [-0.2, -0.15) is 0 Å². The molecule has 1 aliphatic heterocycles. The number of amides is 1. The van der Waals surface area contributed by atoms with Crippen LogP contribution >= 0.6 is 11.6 Å². The molecule has 9 heteroatoms. The summed E-state index contributed by atoms with van der Waals surface area (Å²) in [5.41, 5.74) is 3.14. The molecule has 2 aromatic carbocycles. The van der Waals surface area contributed by atoms with Gasteiger partial charge in [-0.1, -0.05) is 29.8 Å². The summed E-state index contributed by atoms with van der Waals surface area (Å²) in [6.07, 6.45) is 2.41. The molecule has 0 fully saturated rings. The Bertz CT molecular complexity index is 1250. The third-order valence-electron chi connectivity index (χ3n) is 4.61. The summed E-state index contributed by atoms with van der Waals surface area (Å²) in [4.78, 5) is 22.4. The van der Waals surface area contributed by atoms with E-state index in [-0.39, 0.29) is 16.1 Å². The minimum Gasteiger partial charge on any atom is -0.330 e. The van der Waals surface area contributed by atoms with E-state index in [1.165, 1.54) is 18.3 Å². The lowest BCUT2D eigenvalue weighted by Crippen LogP contribution is -2.23. The number of carbonyl (C=O) groups is 1. The summed E-state index contributed by atoms with van der Waals surface area (Å²) in [5.74, 6) is -0.672. The van der Waals surface area contributed by atoms with Gasteiger partial charge in [0.25, 0.3) is 5.91 Å². The van der Waals surface area contributed by atoms with Crippen LogP contribution in [-0.2, 0) is 22.9 Å². The maximum atomic E-state index is 13.4. The molecule has 0 radical (unpaired) electrons. The Labute approximate surface area is 171 Å². The van der Waals surface area contributed by atoms with E-state index in [0.29, 0.717) is 29.9 Å². The highest BCUT2D eigenvalue weighted by Crippen LogP contribution is 2.29. The molecule has 0 spiro atoms. The normalized spacial score (nSPS) is 13.6. The Morgan fingerprint density at radius 1 is 1.17 bits per heavy atom. The van der Waals surface area contributed by atoms with Crippen molar-refractivity contribution in [2.45, 2.75) is 18.2 Å². The highest BCUT2D eigenvalue weighted by Gasteiger charge is 2.28. The van der Waals surface area contributed by atoms with Crippen molar-refractivity contribution in [2.24, 2.45) is 0 Å². The smallest absolute Gasteiger partial charge is 0.254 e. The molecule has 1 aromatic heterocycles. The van der Waals surface area contributed by atoms with Crippen LogP contribution in [0, 0.1) is 5.82 Å². The van der Waals surface area contributed by atoms with Crippen LogP contribution in [0.1, 0.15) is 21.5 Å². The summed E-state index contributed by atoms with van der Waals surface area (Å²) in [7, 11) is -3.54. The first-order chi connectivity index (χ1) is 13.7. The monoisotopic (exact) mass is 431 g/mol. The fraction of sp³-hybridized carbons (Fsp3) is 0.150. The van der Waals surface area contributed by atoms with Crippen LogP contribution in [0.3, 0.4) is 0 Å². The number of carbonyl (C=O) groups excluding carboxylic acids is 1. The van der Waals surface area contributed by atoms with Crippen molar-refractivity contribution in [2.75, 3.05) is 6.26 Å². The van der Waals surface area contributed by atoms with Gasteiger partial charge in [-0.15, -0.1) is 0 Å². The number of aromatic nitrogens is 2. The molecule has 0 bridgehead atoms. The molecular formula is C20H15ClFN3O3S. The third-order valence-corrected chi connectivity index (χ3v) is 5.76. The molecule has 1 amide bonds. The van der Waals surface area contributed by atoms with Gasteiger partial charge < -0.3 is 4.90 Å². The maximum Gasteiger partial charge on any atom is 0.254 e. The van der Waals surface area contributed by atoms with Crippen LogP contribution in [0.25, 0.3) is 11.3 Å². The predicted molar refractivity (Wildman–Crippen MR) is 106 cm³/mol. The fourth-order valence-corrected chi connectivity index (χ4v) is 3.91. The van der Waals surface area contributed by atoms with E-state index in [2.05, 4.69) is 9.97 Å². The van der Waals surface area contributed by atoms with Crippen LogP contribution in [0.4, 0.5) is 4.39 Å². The summed E-state index contributed by atoms with van der Waals surface area (Å²) < 4.78 is 36.7. The van der Waals surface area contributed by atoms with Gasteiger partial charge in [-0.3, -0.25) is 4.79 Å². The van der Waals surface area contributed by atoms with Crippen molar-refractivity contribution in [1.82, 2.24) is 14.9 Å². The first-order valence-corrected chi connectivity index (χ1v) is 10.9. The molecule has 148 valence electrons. The quantitative estimate of drug-likeness (QED) is 0.591. The van der Waals surface area contributed by atoms with Crippen LogP contribution in [0.15, 0.2) is 53.8 Å². The third kappa shape index (κ3) is 3.86. The summed E-state index contributed by atoms with van der Waals surface area (Å²) in [6, 6.07) is 11.3.